The Morgan fingerprint density at radius 2 is 1.89 bits per heavy atom. The van der Waals surface area contributed by atoms with Crippen LogP contribution < -0.4 is 27.2 Å². The molecule has 0 aromatic heterocycles. The average molecular weight is 276 g/mol. The number of rotatable bonds is 7. The molecule has 0 aliphatic heterocycles. The lowest BCUT2D eigenvalue weighted by Crippen LogP contribution is -3.00. The molecule has 0 spiro atoms. The number of benzene rings is 1. The predicted octanol–water partition coefficient (Wildman–Crippen LogP) is -2.46. The second-order valence-electron chi connectivity index (χ2n) is 3.98. The second kappa shape index (κ2) is 9.03. The van der Waals surface area contributed by atoms with Gasteiger partial charge in [0.1, 0.15) is 12.6 Å². The number of methoxy groups -OCH3 is 2. The summed E-state index contributed by atoms with van der Waals surface area (Å²) >= 11 is 0. The van der Waals surface area contributed by atoms with Crippen molar-refractivity contribution in [1.29, 1.82) is 0 Å². The first-order chi connectivity index (χ1) is 8.24. The molecular weight excluding hydrogens is 254 g/mol. The number of aliphatic hydroxyl groups excluding tert-OH is 1. The number of ether oxygens (including phenoxy) is 2. The van der Waals surface area contributed by atoms with Crippen LogP contribution in [-0.2, 0) is 6.54 Å². The van der Waals surface area contributed by atoms with Gasteiger partial charge in [-0.05, 0) is 24.6 Å². The van der Waals surface area contributed by atoms with Gasteiger partial charge in [-0.2, -0.15) is 0 Å². The van der Waals surface area contributed by atoms with E-state index in [9.17, 15) is 0 Å². The lowest BCUT2D eigenvalue weighted by Gasteiger charge is -2.12. The fourth-order valence-electron chi connectivity index (χ4n) is 1.68. The van der Waals surface area contributed by atoms with Gasteiger partial charge in [0.25, 0.3) is 0 Å². The Morgan fingerprint density at radius 3 is 2.39 bits per heavy atom. The number of hydrogen-bond acceptors (Lipinski definition) is 3. The van der Waals surface area contributed by atoms with Crippen LogP contribution in [0.25, 0.3) is 0 Å². The van der Waals surface area contributed by atoms with Crippen LogP contribution in [0.4, 0.5) is 0 Å². The minimum absolute atomic E-state index is 0. The molecule has 5 heteroatoms. The summed E-state index contributed by atoms with van der Waals surface area (Å²) in [5.74, 6) is 1.49. The molecule has 0 saturated heterocycles. The predicted molar refractivity (Wildman–Crippen MR) is 66.3 cm³/mol. The zero-order valence-corrected chi connectivity index (χ0v) is 11.9. The van der Waals surface area contributed by atoms with Gasteiger partial charge in [0.2, 0.25) is 0 Å². The van der Waals surface area contributed by atoms with E-state index in [2.05, 4.69) is 12.2 Å². The van der Waals surface area contributed by atoms with Crippen LogP contribution in [0.5, 0.6) is 11.5 Å². The van der Waals surface area contributed by atoms with Gasteiger partial charge in [0.05, 0.1) is 20.8 Å². The van der Waals surface area contributed by atoms with E-state index in [1.165, 1.54) is 0 Å². The molecule has 18 heavy (non-hydrogen) atoms. The van der Waals surface area contributed by atoms with Gasteiger partial charge in [0.15, 0.2) is 11.5 Å². The average Bonchev–Trinajstić information content (AvgIpc) is 2.39. The topological polar surface area (TPSA) is 55.3 Å². The number of aliphatic hydroxyl groups is 1. The molecule has 0 amide bonds. The monoisotopic (exact) mass is 275 g/mol. The van der Waals surface area contributed by atoms with Gasteiger partial charge in [-0.15, -0.1) is 0 Å². The normalized spacial score (nSPS) is 11.6. The van der Waals surface area contributed by atoms with Crippen molar-refractivity contribution in [3.8, 4) is 11.5 Å². The first-order valence-corrected chi connectivity index (χ1v) is 5.90. The molecular formula is C13H22ClNO3. The van der Waals surface area contributed by atoms with E-state index in [1.54, 1.807) is 14.2 Å². The summed E-state index contributed by atoms with van der Waals surface area (Å²) in [5, 5.41) is 11.3. The first kappa shape index (κ1) is 17.0. The third-order valence-electron chi connectivity index (χ3n) is 2.89. The van der Waals surface area contributed by atoms with Crippen molar-refractivity contribution in [2.45, 2.75) is 25.9 Å². The maximum Gasteiger partial charge on any atom is 0.161 e. The van der Waals surface area contributed by atoms with E-state index in [-0.39, 0.29) is 25.1 Å². The number of halogens is 1. The molecule has 0 unspecified atom stereocenters. The van der Waals surface area contributed by atoms with Gasteiger partial charge in [-0.3, -0.25) is 0 Å². The van der Waals surface area contributed by atoms with Crippen molar-refractivity contribution in [2.24, 2.45) is 0 Å². The molecule has 0 aliphatic carbocycles. The van der Waals surface area contributed by atoms with Gasteiger partial charge < -0.3 is 32.3 Å². The standard InChI is InChI=1S/C13H21NO3.ClH/c1-4-11(9-15)14-8-10-5-6-12(16-2)13(7-10)17-3;/h5-7,11,14-15H,4,8-9H2,1-3H3;1H/t11-;/m1./s1. The van der Waals surface area contributed by atoms with Crippen molar-refractivity contribution in [2.75, 3.05) is 20.8 Å². The third kappa shape index (κ3) is 4.72. The van der Waals surface area contributed by atoms with E-state index in [1.807, 2.05) is 18.2 Å². The van der Waals surface area contributed by atoms with Gasteiger partial charge in [-0.1, -0.05) is 6.92 Å². The van der Waals surface area contributed by atoms with E-state index in [0.717, 1.165) is 30.0 Å². The summed E-state index contributed by atoms with van der Waals surface area (Å²) in [7, 11) is 3.26. The highest BCUT2D eigenvalue weighted by Gasteiger charge is 2.09. The summed E-state index contributed by atoms with van der Waals surface area (Å²) in [6.45, 7) is 3.12. The fourth-order valence-corrected chi connectivity index (χ4v) is 1.68. The van der Waals surface area contributed by atoms with Crippen molar-refractivity contribution >= 4 is 0 Å². The van der Waals surface area contributed by atoms with E-state index in [4.69, 9.17) is 14.6 Å². The fraction of sp³-hybridized carbons (Fsp3) is 0.538. The van der Waals surface area contributed by atoms with Gasteiger partial charge in [0, 0.05) is 5.56 Å². The Morgan fingerprint density at radius 1 is 1.22 bits per heavy atom. The molecule has 0 aliphatic rings. The quantitative estimate of drug-likeness (QED) is 0.581. The first-order valence-electron chi connectivity index (χ1n) is 5.90. The van der Waals surface area contributed by atoms with Crippen LogP contribution in [-0.4, -0.2) is 32.0 Å². The van der Waals surface area contributed by atoms with Gasteiger partial charge >= 0.3 is 0 Å². The summed E-state index contributed by atoms with van der Waals surface area (Å²) < 4.78 is 10.4. The number of nitrogens with two attached hydrogens (primary N) is 1. The van der Waals surface area contributed by atoms with Gasteiger partial charge in [-0.25, -0.2) is 0 Å². The van der Waals surface area contributed by atoms with Crippen molar-refractivity contribution in [3.05, 3.63) is 23.8 Å². The molecule has 0 bridgehead atoms. The lowest BCUT2D eigenvalue weighted by atomic mass is 10.1. The van der Waals surface area contributed by atoms with E-state index < -0.39 is 0 Å². The molecule has 1 rings (SSSR count). The SMILES string of the molecule is CC[C@H](CO)[NH2+]Cc1ccc(OC)c(OC)c1.[Cl-]. The summed E-state index contributed by atoms with van der Waals surface area (Å²) in [4.78, 5) is 0. The summed E-state index contributed by atoms with van der Waals surface area (Å²) in [5.41, 5.74) is 1.16. The maximum absolute atomic E-state index is 9.11. The molecule has 1 atom stereocenters. The molecule has 104 valence electrons. The Labute approximate surface area is 115 Å². The smallest absolute Gasteiger partial charge is 0.161 e. The molecule has 0 saturated carbocycles. The Hall–Kier alpha value is -0.970. The highest BCUT2D eigenvalue weighted by Crippen LogP contribution is 2.27. The van der Waals surface area contributed by atoms with Crippen LogP contribution >= 0.6 is 0 Å². The molecule has 4 nitrogen and oxygen atoms in total. The van der Waals surface area contributed by atoms with E-state index in [0.29, 0.717) is 0 Å². The molecule has 0 heterocycles. The Kier molecular flexibility index (Phi) is 8.54. The van der Waals surface area contributed by atoms with Crippen molar-refractivity contribution in [1.82, 2.24) is 0 Å². The Bertz CT molecular complexity index is 343. The van der Waals surface area contributed by atoms with Crippen LogP contribution in [0.15, 0.2) is 18.2 Å². The highest BCUT2D eigenvalue weighted by atomic mass is 35.5. The minimum atomic E-state index is 0. The number of quaternary nitrogens is 1. The molecule has 0 fully saturated rings. The zero-order chi connectivity index (χ0) is 12.7. The van der Waals surface area contributed by atoms with Crippen LogP contribution in [0.1, 0.15) is 18.9 Å². The highest BCUT2D eigenvalue weighted by molar-refractivity contribution is 5.42. The molecule has 3 N–H and O–H groups in total. The molecule has 0 radical (unpaired) electrons. The Balaban J connectivity index is 0.00000289. The van der Waals surface area contributed by atoms with E-state index >= 15 is 0 Å². The van der Waals surface area contributed by atoms with Crippen LogP contribution in [0.3, 0.4) is 0 Å². The van der Waals surface area contributed by atoms with Crippen molar-refractivity contribution in [3.63, 3.8) is 0 Å². The molecule has 1 aromatic carbocycles. The molecule has 1 aromatic rings. The number of hydrogen-bond donors (Lipinski definition) is 2. The summed E-state index contributed by atoms with van der Waals surface area (Å²) in [6.07, 6.45) is 0.962. The zero-order valence-electron chi connectivity index (χ0n) is 11.1. The van der Waals surface area contributed by atoms with Crippen molar-refractivity contribution < 1.29 is 32.3 Å². The minimum Gasteiger partial charge on any atom is -1.00 e. The van der Waals surface area contributed by atoms with Crippen LogP contribution in [0, 0.1) is 0 Å². The largest absolute Gasteiger partial charge is 1.00 e. The third-order valence-corrected chi connectivity index (χ3v) is 2.89. The summed E-state index contributed by atoms with van der Waals surface area (Å²) in [6, 6.07) is 6.16. The maximum atomic E-state index is 9.11. The van der Waals surface area contributed by atoms with Crippen LogP contribution in [0.2, 0.25) is 0 Å². The second-order valence-corrected chi connectivity index (χ2v) is 3.98. The lowest BCUT2D eigenvalue weighted by molar-refractivity contribution is -0.706.